The van der Waals surface area contributed by atoms with Crippen LogP contribution in [0.4, 0.5) is 0 Å². The van der Waals surface area contributed by atoms with Crippen molar-refractivity contribution in [2.45, 2.75) is 51.0 Å². The fraction of sp³-hybridized carbons (Fsp3) is 0.458. The van der Waals surface area contributed by atoms with Crippen LogP contribution in [-0.4, -0.2) is 30.0 Å². The number of nitrogens with zero attached hydrogens (tertiary/aromatic N) is 1. The predicted molar refractivity (Wildman–Crippen MR) is 111 cm³/mol. The molecule has 0 bridgehead atoms. The number of esters is 1. The minimum absolute atomic E-state index is 0.0651. The Morgan fingerprint density at radius 3 is 2.70 bits per heavy atom. The summed E-state index contributed by atoms with van der Waals surface area (Å²) in [6, 6.07) is 5.32. The monoisotopic (exact) mass is 407 g/mol. The molecule has 0 atom stereocenters. The van der Waals surface area contributed by atoms with Crippen LogP contribution in [0, 0.1) is 5.92 Å². The summed E-state index contributed by atoms with van der Waals surface area (Å²) in [5, 5.41) is 0. The van der Waals surface area contributed by atoms with Gasteiger partial charge < -0.3 is 14.0 Å². The van der Waals surface area contributed by atoms with Gasteiger partial charge in [-0.2, -0.15) is 0 Å². The number of pyridine rings is 1. The Morgan fingerprint density at radius 1 is 1.27 bits per heavy atom. The Balaban J connectivity index is 1.63. The van der Waals surface area contributed by atoms with Crippen LogP contribution in [0.15, 0.2) is 29.2 Å². The first-order valence-corrected chi connectivity index (χ1v) is 10.7. The van der Waals surface area contributed by atoms with Crippen molar-refractivity contribution in [2.24, 2.45) is 5.92 Å². The number of aldehydes is 1. The molecule has 0 saturated heterocycles. The second kappa shape index (κ2) is 7.11. The minimum Gasteiger partial charge on any atom is -0.493 e. The lowest BCUT2D eigenvalue weighted by molar-refractivity contribution is 0.0521. The lowest BCUT2D eigenvalue weighted by atomic mass is 9.69. The first kappa shape index (κ1) is 19.1. The van der Waals surface area contributed by atoms with E-state index in [1.54, 1.807) is 13.1 Å². The Labute approximate surface area is 174 Å². The number of hydrogen-bond donors (Lipinski definition) is 0. The van der Waals surface area contributed by atoms with Gasteiger partial charge in [-0.15, -0.1) is 0 Å². The zero-order chi connectivity index (χ0) is 20.9. The Hall–Kier alpha value is -2.89. The maximum atomic E-state index is 12.7. The average Bonchev–Trinajstić information content (AvgIpc) is 3.54. The van der Waals surface area contributed by atoms with Gasteiger partial charge in [0.25, 0.3) is 0 Å². The zero-order valence-electron chi connectivity index (χ0n) is 17.1. The third kappa shape index (κ3) is 3.06. The van der Waals surface area contributed by atoms with Crippen molar-refractivity contribution in [2.75, 3.05) is 13.2 Å². The highest BCUT2D eigenvalue weighted by atomic mass is 16.5. The van der Waals surface area contributed by atoms with Gasteiger partial charge in [-0.25, -0.2) is 4.79 Å². The molecule has 1 aromatic carbocycles. The van der Waals surface area contributed by atoms with Crippen LogP contribution in [-0.2, 0) is 16.7 Å². The van der Waals surface area contributed by atoms with Crippen LogP contribution in [0.5, 0.6) is 5.75 Å². The molecule has 2 aliphatic carbocycles. The summed E-state index contributed by atoms with van der Waals surface area (Å²) < 4.78 is 13.1. The van der Waals surface area contributed by atoms with Crippen molar-refractivity contribution >= 4 is 12.3 Å². The highest BCUT2D eigenvalue weighted by Crippen LogP contribution is 2.49. The summed E-state index contributed by atoms with van der Waals surface area (Å²) in [7, 11) is 0. The van der Waals surface area contributed by atoms with Crippen LogP contribution in [0.3, 0.4) is 0 Å². The number of hydrogen-bond acceptors (Lipinski definition) is 5. The predicted octanol–water partition coefficient (Wildman–Crippen LogP) is 3.73. The van der Waals surface area contributed by atoms with Gasteiger partial charge in [-0.3, -0.25) is 9.59 Å². The van der Waals surface area contributed by atoms with Crippen molar-refractivity contribution in [3.8, 4) is 17.0 Å². The lowest BCUT2D eigenvalue weighted by Gasteiger charge is -2.48. The van der Waals surface area contributed by atoms with Gasteiger partial charge >= 0.3 is 5.97 Å². The van der Waals surface area contributed by atoms with E-state index in [4.69, 9.17) is 9.47 Å². The molecular formula is C24H25NO5. The van der Waals surface area contributed by atoms with E-state index in [9.17, 15) is 14.4 Å². The fourth-order valence-electron chi connectivity index (χ4n) is 4.67. The lowest BCUT2D eigenvalue weighted by Crippen LogP contribution is -2.46. The maximum Gasteiger partial charge on any atom is 0.343 e. The molecule has 6 nitrogen and oxygen atoms in total. The van der Waals surface area contributed by atoms with Gasteiger partial charge in [-0.1, -0.05) is 0 Å². The van der Waals surface area contributed by atoms with Gasteiger partial charge in [-0.05, 0) is 69.1 Å². The maximum absolute atomic E-state index is 12.7. The van der Waals surface area contributed by atoms with E-state index >= 15 is 0 Å². The van der Waals surface area contributed by atoms with Crippen LogP contribution in [0.2, 0.25) is 0 Å². The van der Waals surface area contributed by atoms with E-state index in [0.717, 1.165) is 48.8 Å². The molecule has 0 N–H and O–H groups in total. The molecule has 1 aliphatic heterocycles. The van der Waals surface area contributed by atoms with Gasteiger partial charge in [0.1, 0.15) is 11.3 Å². The molecule has 2 heterocycles. The van der Waals surface area contributed by atoms with Crippen molar-refractivity contribution in [3.05, 3.63) is 51.3 Å². The van der Waals surface area contributed by atoms with Crippen LogP contribution in [0.25, 0.3) is 11.3 Å². The fourth-order valence-corrected chi connectivity index (χ4v) is 4.67. The number of ether oxygens (including phenoxy) is 2. The Kier molecular flexibility index (Phi) is 4.53. The molecule has 5 rings (SSSR count). The molecule has 0 radical (unpaired) electrons. The van der Waals surface area contributed by atoms with Gasteiger partial charge in [0.05, 0.1) is 24.5 Å². The summed E-state index contributed by atoms with van der Waals surface area (Å²) in [6.07, 6.45) is 8.71. The summed E-state index contributed by atoms with van der Waals surface area (Å²) >= 11 is 0. The van der Waals surface area contributed by atoms with Crippen LogP contribution < -0.4 is 10.2 Å². The summed E-state index contributed by atoms with van der Waals surface area (Å²) in [4.78, 5) is 36.8. The second-order valence-corrected chi connectivity index (χ2v) is 8.70. The molecule has 30 heavy (non-hydrogen) atoms. The largest absolute Gasteiger partial charge is 0.493 e. The van der Waals surface area contributed by atoms with E-state index in [2.05, 4.69) is 4.57 Å². The molecule has 2 saturated carbocycles. The number of benzene rings is 1. The van der Waals surface area contributed by atoms with Gasteiger partial charge in [0.2, 0.25) is 0 Å². The number of fused-ring (bicyclic) bond motifs is 4. The molecule has 6 heteroatoms. The van der Waals surface area contributed by atoms with Crippen molar-refractivity contribution < 1.29 is 19.1 Å². The third-order valence-electron chi connectivity index (χ3n) is 6.67. The molecule has 2 aromatic rings. The summed E-state index contributed by atoms with van der Waals surface area (Å²) in [5.41, 5.74) is 2.76. The quantitative estimate of drug-likeness (QED) is 0.539. The molecule has 0 amide bonds. The SMILES string of the molecule is CCOC(=O)c1cn2c(cc1=O)-c1cc(C=O)c(OCC3CC3)cc1CC21CCC1. The molecule has 1 spiro atoms. The number of aromatic nitrogens is 1. The molecule has 1 aromatic heterocycles. The van der Waals surface area contributed by atoms with E-state index in [1.807, 2.05) is 12.1 Å². The highest BCUT2D eigenvalue weighted by molar-refractivity contribution is 5.90. The molecular weight excluding hydrogens is 382 g/mol. The number of carbonyl (C=O) groups is 2. The minimum atomic E-state index is -0.588. The zero-order valence-corrected chi connectivity index (χ0v) is 17.1. The summed E-state index contributed by atoms with van der Waals surface area (Å²) in [6.45, 7) is 2.59. The highest BCUT2D eigenvalue weighted by Gasteiger charge is 2.43. The van der Waals surface area contributed by atoms with Crippen molar-refractivity contribution in [1.29, 1.82) is 0 Å². The summed E-state index contributed by atoms with van der Waals surface area (Å²) in [5.74, 6) is 0.638. The molecule has 3 aliphatic rings. The Morgan fingerprint density at radius 2 is 2.07 bits per heavy atom. The molecule has 2 fully saturated rings. The Bertz CT molecular complexity index is 1090. The molecule has 156 valence electrons. The van der Waals surface area contributed by atoms with E-state index < -0.39 is 5.97 Å². The number of carbonyl (C=O) groups excluding carboxylic acids is 2. The van der Waals surface area contributed by atoms with Crippen molar-refractivity contribution in [3.63, 3.8) is 0 Å². The first-order chi connectivity index (χ1) is 14.5. The van der Waals surface area contributed by atoms with E-state index in [1.165, 1.54) is 18.9 Å². The smallest absolute Gasteiger partial charge is 0.343 e. The normalized spacial score (nSPS) is 18.2. The standard InChI is InChI=1S/C24H25NO5/c1-2-29-23(28)19-12-25-20(10-21(19)27)18-8-17(13-26)22(30-14-15-4-5-15)9-16(18)11-24(25)6-3-7-24/h8-10,12-13,15H,2-7,11,14H2,1H3. The topological polar surface area (TPSA) is 74.6 Å². The van der Waals surface area contributed by atoms with Crippen molar-refractivity contribution in [1.82, 2.24) is 4.57 Å². The van der Waals surface area contributed by atoms with Gasteiger partial charge in [0, 0.05) is 23.4 Å². The number of rotatable bonds is 6. The van der Waals surface area contributed by atoms with Gasteiger partial charge in [0.15, 0.2) is 11.7 Å². The van der Waals surface area contributed by atoms with Crippen LogP contribution >= 0.6 is 0 Å². The van der Waals surface area contributed by atoms with Crippen LogP contribution in [0.1, 0.15) is 65.3 Å². The molecule has 0 unspecified atom stereocenters. The average molecular weight is 407 g/mol. The second-order valence-electron chi connectivity index (χ2n) is 8.70. The third-order valence-corrected chi connectivity index (χ3v) is 6.67. The first-order valence-electron chi connectivity index (χ1n) is 10.7. The van der Waals surface area contributed by atoms with E-state index in [0.29, 0.717) is 23.8 Å². The van der Waals surface area contributed by atoms with E-state index in [-0.39, 0.29) is 23.1 Å².